The van der Waals surface area contributed by atoms with Crippen molar-refractivity contribution in [3.63, 3.8) is 0 Å². The van der Waals surface area contributed by atoms with Crippen molar-refractivity contribution in [3.8, 4) is 0 Å². The number of hydrogen-bond acceptors (Lipinski definition) is 4. The van der Waals surface area contributed by atoms with Crippen LogP contribution in [0.15, 0.2) is 64.1 Å². The number of thioether (sulfide) groups is 2. The summed E-state index contributed by atoms with van der Waals surface area (Å²) in [6, 6.07) is 7.35. The van der Waals surface area contributed by atoms with E-state index in [4.69, 9.17) is 0 Å². The molecular formula is C29H36O2S3. The van der Waals surface area contributed by atoms with Crippen LogP contribution in [0.5, 0.6) is 0 Å². The summed E-state index contributed by atoms with van der Waals surface area (Å²) in [5.41, 5.74) is 5.81. The van der Waals surface area contributed by atoms with E-state index in [1.807, 2.05) is 19.1 Å². The molecule has 0 amide bonds. The second kappa shape index (κ2) is 8.05. The van der Waals surface area contributed by atoms with Gasteiger partial charge in [0.1, 0.15) is 0 Å². The third-order valence-electron chi connectivity index (χ3n) is 9.74. The summed E-state index contributed by atoms with van der Waals surface area (Å²) >= 11 is 4.34. The second-order valence-corrected chi connectivity index (χ2v) is 16.7. The Labute approximate surface area is 214 Å². The smallest absolute Gasteiger partial charge is 0.182 e. The average molecular weight is 513 g/mol. The van der Waals surface area contributed by atoms with Crippen molar-refractivity contribution in [1.29, 1.82) is 0 Å². The van der Waals surface area contributed by atoms with E-state index < -0.39 is 9.84 Å². The van der Waals surface area contributed by atoms with Gasteiger partial charge in [0.05, 0.1) is 14.7 Å². The zero-order valence-corrected chi connectivity index (χ0v) is 23.1. The molecule has 6 rings (SSSR count). The molecule has 34 heavy (non-hydrogen) atoms. The quantitative estimate of drug-likeness (QED) is 0.396. The maximum atomic E-state index is 13.3. The highest BCUT2D eigenvalue weighted by atomic mass is 32.2. The Bertz CT molecular complexity index is 1200. The maximum absolute atomic E-state index is 13.3. The van der Waals surface area contributed by atoms with Crippen LogP contribution in [-0.4, -0.2) is 29.8 Å². The highest BCUT2D eigenvalue weighted by molar-refractivity contribution is 8.21. The molecule has 0 N–H and O–H groups in total. The van der Waals surface area contributed by atoms with E-state index in [0.717, 1.165) is 24.0 Å². The number of hydrogen-bond donors (Lipinski definition) is 0. The first-order valence-electron chi connectivity index (χ1n) is 12.8. The minimum absolute atomic E-state index is 0.0312. The summed E-state index contributed by atoms with van der Waals surface area (Å²) in [5, 5.41) is 0. The van der Waals surface area contributed by atoms with Crippen LogP contribution in [0.4, 0.5) is 0 Å². The molecule has 1 heterocycles. The first kappa shape index (κ1) is 23.5. The molecule has 0 radical (unpaired) electrons. The Morgan fingerprint density at radius 1 is 1.03 bits per heavy atom. The minimum Gasteiger partial charge on any atom is -0.223 e. The van der Waals surface area contributed by atoms with Crippen molar-refractivity contribution in [3.05, 3.63) is 64.8 Å². The number of rotatable bonds is 3. The van der Waals surface area contributed by atoms with Gasteiger partial charge >= 0.3 is 0 Å². The van der Waals surface area contributed by atoms with Gasteiger partial charge in [-0.25, -0.2) is 8.42 Å². The molecule has 0 bridgehead atoms. The molecular weight excluding hydrogens is 477 g/mol. The number of aryl methyl sites for hydroxylation is 1. The predicted molar refractivity (Wildman–Crippen MR) is 146 cm³/mol. The van der Waals surface area contributed by atoms with Gasteiger partial charge in [0.25, 0.3) is 0 Å². The summed E-state index contributed by atoms with van der Waals surface area (Å²) in [6.07, 6.45) is 14.5. The van der Waals surface area contributed by atoms with Crippen LogP contribution >= 0.6 is 23.5 Å². The Morgan fingerprint density at radius 3 is 2.50 bits per heavy atom. The summed E-state index contributed by atoms with van der Waals surface area (Å²) in [6.45, 7) is 6.86. The van der Waals surface area contributed by atoms with Gasteiger partial charge in [-0.2, -0.15) is 0 Å². The summed E-state index contributed by atoms with van der Waals surface area (Å²) in [4.78, 5) is 0.455. The molecule has 5 heteroatoms. The number of fused-ring (bicyclic) bond motifs is 5. The maximum Gasteiger partial charge on any atom is 0.182 e. The topological polar surface area (TPSA) is 34.1 Å². The fourth-order valence-electron chi connectivity index (χ4n) is 7.60. The number of allylic oxidation sites excluding steroid dienone is 4. The van der Waals surface area contributed by atoms with Crippen molar-refractivity contribution in [2.45, 2.75) is 68.3 Å². The van der Waals surface area contributed by atoms with Crippen LogP contribution in [-0.2, 0) is 9.84 Å². The van der Waals surface area contributed by atoms with Crippen LogP contribution in [0.1, 0.15) is 57.9 Å². The van der Waals surface area contributed by atoms with E-state index >= 15 is 0 Å². The lowest BCUT2D eigenvalue weighted by Crippen LogP contribution is -2.45. The monoisotopic (exact) mass is 512 g/mol. The first-order valence-corrected chi connectivity index (χ1v) is 16.5. The molecule has 2 nitrogen and oxygen atoms in total. The third-order valence-corrected chi connectivity index (χ3v) is 14.8. The van der Waals surface area contributed by atoms with E-state index in [0.29, 0.717) is 20.8 Å². The van der Waals surface area contributed by atoms with Gasteiger partial charge in [-0.05, 0) is 74.8 Å². The lowest BCUT2D eigenvalue weighted by molar-refractivity contribution is 0.136. The van der Waals surface area contributed by atoms with Crippen LogP contribution in [0.3, 0.4) is 0 Å². The molecule has 1 spiro atoms. The highest BCUT2D eigenvalue weighted by Gasteiger charge is 2.55. The predicted octanol–water partition coefficient (Wildman–Crippen LogP) is 7.36. The van der Waals surface area contributed by atoms with Crippen LogP contribution in [0, 0.1) is 29.6 Å². The van der Waals surface area contributed by atoms with Crippen LogP contribution in [0.2, 0.25) is 0 Å². The molecule has 4 atom stereocenters. The van der Waals surface area contributed by atoms with Crippen molar-refractivity contribution < 1.29 is 8.42 Å². The largest absolute Gasteiger partial charge is 0.223 e. The third kappa shape index (κ3) is 3.55. The van der Waals surface area contributed by atoms with E-state index in [1.165, 1.54) is 37.2 Å². The fraction of sp³-hybridized carbons (Fsp3) is 0.586. The Balaban J connectivity index is 1.28. The summed E-state index contributed by atoms with van der Waals surface area (Å²) in [7, 11) is -3.33. The standard InChI is InChI=1S/C29H36O2S3/c1-20-4-8-23(9-5-20)34(30,31)19-22-7-11-25-24-10-6-21-18-29(32-16-17-33-29)15-14-28(21,3)26(24)12-13-27(22,25)2/h4-5,7-9,12,18,24-25H,6,10-11,13-17,19H2,1-3H3/t24-,25-,27+,28-/m0/s1. The molecule has 1 aliphatic heterocycles. The molecule has 0 unspecified atom stereocenters. The molecule has 0 aromatic heterocycles. The first-order chi connectivity index (χ1) is 16.2. The second-order valence-electron chi connectivity index (χ2n) is 11.6. The molecule has 2 fully saturated rings. The highest BCUT2D eigenvalue weighted by Crippen LogP contribution is 2.66. The van der Waals surface area contributed by atoms with Crippen molar-refractivity contribution in [2.24, 2.45) is 22.7 Å². The van der Waals surface area contributed by atoms with Crippen molar-refractivity contribution in [2.75, 3.05) is 17.3 Å². The Hall–Kier alpha value is -0.910. The van der Waals surface area contributed by atoms with Gasteiger partial charge in [-0.15, -0.1) is 23.5 Å². The van der Waals surface area contributed by atoms with Gasteiger partial charge in [-0.3, -0.25) is 0 Å². The zero-order valence-electron chi connectivity index (χ0n) is 20.6. The summed E-state index contributed by atoms with van der Waals surface area (Å²) < 4.78 is 26.9. The van der Waals surface area contributed by atoms with Gasteiger partial charge < -0.3 is 0 Å². The van der Waals surface area contributed by atoms with E-state index in [2.05, 4.69) is 55.6 Å². The minimum atomic E-state index is -3.33. The summed E-state index contributed by atoms with van der Waals surface area (Å²) in [5.74, 6) is 3.88. The molecule has 1 saturated heterocycles. The molecule has 5 aliphatic rings. The fourth-order valence-corrected chi connectivity index (χ4v) is 12.3. The van der Waals surface area contributed by atoms with E-state index in [9.17, 15) is 8.42 Å². The average Bonchev–Trinajstić information content (AvgIpc) is 3.39. The SMILES string of the molecule is Cc1ccc(S(=O)(=O)CC2=CC[C@H]3[C@@H]4CCC5=CC6(CC[C@]5(C)C4=CC[C@]23C)SCCS6)cc1. The molecule has 1 aromatic carbocycles. The van der Waals surface area contributed by atoms with Gasteiger partial charge in [0, 0.05) is 16.9 Å². The van der Waals surface area contributed by atoms with Crippen molar-refractivity contribution in [1.82, 2.24) is 0 Å². The number of sulfone groups is 1. The van der Waals surface area contributed by atoms with Gasteiger partial charge in [-0.1, -0.05) is 66.5 Å². The van der Waals surface area contributed by atoms with Gasteiger partial charge in [0.2, 0.25) is 0 Å². The van der Waals surface area contributed by atoms with Gasteiger partial charge in [0.15, 0.2) is 9.84 Å². The van der Waals surface area contributed by atoms with Crippen molar-refractivity contribution >= 4 is 33.4 Å². The molecule has 182 valence electrons. The normalized spacial score (nSPS) is 36.3. The lowest BCUT2D eigenvalue weighted by Gasteiger charge is -2.54. The van der Waals surface area contributed by atoms with E-state index in [-0.39, 0.29) is 16.6 Å². The Morgan fingerprint density at radius 2 is 1.76 bits per heavy atom. The molecule has 1 aromatic rings. The van der Waals surface area contributed by atoms with E-state index in [1.54, 1.807) is 23.3 Å². The lowest BCUT2D eigenvalue weighted by atomic mass is 9.51. The van der Waals surface area contributed by atoms with Crippen LogP contribution in [0.25, 0.3) is 0 Å². The number of benzene rings is 1. The van der Waals surface area contributed by atoms with Crippen LogP contribution < -0.4 is 0 Å². The molecule has 1 saturated carbocycles. The Kier molecular flexibility index (Phi) is 5.56. The zero-order chi connectivity index (χ0) is 23.8. The molecule has 4 aliphatic carbocycles.